The summed E-state index contributed by atoms with van der Waals surface area (Å²) in [6.07, 6.45) is 0. The molecule has 0 aliphatic carbocycles. The van der Waals surface area contributed by atoms with Crippen molar-refractivity contribution in [2.75, 3.05) is 7.11 Å². The predicted octanol–water partition coefficient (Wildman–Crippen LogP) is 3.66. The van der Waals surface area contributed by atoms with Crippen molar-refractivity contribution < 1.29 is 4.74 Å². The summed E-state index contributed by atoms with van der Waals surface area (Å²) < 4.78 is 5.22. The van der Waals surface area contributed by atoms with Crippen LogP contribution in [0.5, 0.6) is 5.75 Å². The molecule has 0 atom stereocenters. The fourth-order valence-electron chi connectivity index (χ4n) is 1.98. The second kappa shape index (κ2) is 6.03. The van der Waals surface area contributed by atoms with Crippen molar-refractivity contribution in [3.8, 4) is 5.75 Å². The second-order valence-corrected chi connectivity index (χ2v) is 5.85. The van der Waals surface area contributed by atoms with E-state index in [1.54, 1.807) is 7.11 Å². The van der Waals surface area contributed by atoms with Crippen molar-refractivity contribution in [3.63, 3.8) is 0 Å². The highest BCUT2D eigenvalue weighted by Gasteiger charge is 2.02. The van der Waals surface area contributed by atoms with E-state index in [2.05, 4.69) is 37.4 Å². The highest BCUT2D eigenvalue weighted by atomic mass is 32.1. The first-order chi connectivity index (χ1) is 8.69. The number of hydrogen-bond acceptors (Lipinski definition) is 3. The average molecular weight is 261 g/mol. The van der Waals surface area contributed by atoms with Gasteiger partial charge in [-0.15, -0.1) is 11.3 Å². The van der Waals surface area contributed by atoms with Gasteiger partial charge in [0, 0.05) is 22.8 Å². The smallest absolute Gasteiger partial charge is 0.119 e. The van der Waals surface area contributed by atoms with Crippen molar-refractivity contribution in [1.29, 1.82) is 0 Å². The van der Waals surface area contributed by atoms with Crippen molar-refractivity contribution in [3.05, 3.63) is 51.2 Å². The molecule has 96 valence electrons. The van der Waals surface area contributed by atoms with Gasteiger partial charge in [-0.3, -0.25) is 0 Å². The van der Waals surface area contributed by atoms with Gasteiger partial charge in [-0.25, -0.2) is 0 Å². The minimum Gasteiger partial charge on any atom is -0.497 e. The van der Waals surface area contributed by atoms with Crippen molar-refractivity contribution in [1.82, 2.24) is 5.32 Å². The lowest BCUT2D eigenvalue weighted by Gasteiger charge is -2.06. The molecule has 0 fully saturated rings. The first-order valence-electron chi connectivity index (χ1n) is 6.08. The van der Waals surface area contributed by atoms with Crippen LogP contribution in [0.3, 0.4) is 0 Å². The SMILES string of the molecule is COc1cccc(CNCc2cc(C)sc2C)c1. The number of aryl methyl sites for hydroxylation is 2. The lowest BCUT2D eigenvalue weighted by atomic mass is 10.2. The molecular weight excluding hydrogens is 242 g/mol. The van der Waals surface area contributed by atoms with E-state index in [-0.39, 0.29) is 0 Å². The third-order valence-corrected chi connectivity index (χ3v) is 3.93. The zero-order chi connectivity index (χ0) is 13.0. The van der Waals surface area contributed by atoms with Gasteiger partial charge in [0.25, 0.3) is 0 Å². The van der Waals surface area contributed by atoms with Crippen molar-refractivity contribution >= 4 is 11.3 Å². The van der Waals surface area contributed by atoms with Gasteiger partial charge in [0.15, 0.2) is 0 Å². The summed E-state index contributed by atoms with van der Waals surface area (Å²) in [5, 5.41) is 3.47. The second-order valence-electron chi connectivity index (χ2n) is 4.39. The van der Waals surface area contributed by atoms with Crippen molar-refractivity contribution in [2.45, 2.75) is 26.9 Å². The average Bonchev–Trinajstić information content (AvgIpc) is 2.68. The Morgan fingerprint density at radius 3 is 2.67 bits per heavy atom. The van der Waals surface area contributed by atoms with Crippen LogP contribution >= 0.6 is 11.3 Å². The monoisotopic (exact) mass is 261 g/mol. The van der Waals surface area contributed by atoms with Crippen LogP contribution in [0.25, 0.3) is 0 Å². The van der Waals surface area contributed by atoms with E-state index in [9.17, 15) is 0 Å². The minimum absolute atomic E-state index is 0.867. The molecule has 1 heterocycles. The Hall–Kier alpha value is -1.32. The first-order valence-corrected chi connectivity index (χ1v) is 6.90. The fraction of sp³-hybridized carbons (Fsp3) is 0.333. The molecule has 0 saturated heterocycles. The molecule has 18 heavy (non-hydrogen) atoms. The van der Waals surface area contributed by atoms with Crippen LogP contribution in [0.4, 0.5) is 0 Å². The maximum Gasteiger partial charge on any atom is 0.119 e. The molecule has 0 aliphatic heterocycles. The molecule has 0 bridgehead atoms. The normalized spacial score (nSPS) is 10.6. The Morgan fingerprint density at radius 2 is 2.00 bits per heavy atom. The maximum absolute atomic E-state index is 5.22. The van der Waals surface area contributed by atoms with Gasteiger partial charge in [0.2, 0.25) is 0 Å². The van der Waals surface area contributed by atoms with Gasteiger partial charge in [-0.2, -0.15) is 0 Å². The molecule has 2 aromatic rings. The molecule has 1 aromatic heterocycles. The number of rotatable bonds is 5. The summed E-state index contributed by atoms with van der Waals surface area (Å²) in [6, 6.07) is 10.4. The van der Waals surface area contributed by atoms with Gasteiger partial charge in [-0.05, 0) is 43.2 Å². The number of methoxy groups -OCH3 is 1. The van der Waals surface area contributed by atoms with E-state index in [1.807, 2.05) is 23.5 Å². The number of hydrogen-bond donors (Lipinski definition) is 1. The highest BCUT2D eigenvalue weighted by Crippen LogP contribution is 2.20. The Balaban J connectivity index is 1.90. The Kier molecular flexibility index (Phi) is 4.39. The van der Waals surface area contributed by atoms with Gasteiger partial charge >= 0.3 is 0 Å². The number of thiophene rings is 1. The summed E-state index contributed by atoms with van der Waals surface area (Å²) in [5.74, 6) is 0.914. The quantitative estimate of drug-likeness (QED) is 0.887. The van der Waals surface area contributed by atoms with Gasteiger partial charge in [0.1, 0.15) is 5.75 Å². The Bertz CT molecular complexity index is 519. The van der Waals surface area contributed by atoms with Crippen LogP contribution in [-0.4, -0.2) is 7.11 Å². The minimum atomic E-state index is 0.867. The lowest BCUT2D eigenvalue weighted by Crippen LogP contribution is -2.12. The van der Waals surface area contributed by atoms with Crippen molar-refractivity contribution in [2.24, 2.45) is 0 Å². The van der Waals surface area contributed by atoms with Gasteiger partial charge < -0.3 is 10.1 Å². The zero-order valence-electron chi connectivity index (χ0n) is 11.1. The molecule has 2 rings (SSSR count). The topological polar surface area (TPSA) is 21.3 Å². The first kappa shape index (κ1) is 13.1. The predicted molar refractivity (Wildman–Crippen MR) is 77.3 cm³/mol. The number of benzene rings is 1. The van der Waals surface area contributed by atoms with E-state index in [4.69, 9.17) is 4.74 Å². The maximum atomic E-state index is 5.22. The molecule has 3 heteroatoms. The fourth-order valence-corrected chi connectivity index (χ4v) is 2.93. The molecule has 1 N–H and O–H groups in total. The van der Waals surface area contributed by atoms with Gasteiger partial charge in [-0.1, -0.05) is 12.1 Å². The molecule has 2 nitrogen and oxygen atoms in total. The van der Waals surface area contributed by atoms with E-state index < -0.39 is 0 Å². The van der Waals surface area contributed by atoms with Crippen LogP contribution in [-0.2, 0) is 13.1 Å². The van der Waals surface area contributed by atoms with Gasteiger partial charge in [0.05, 0.1) is 7.11 Å². The highest BCUT2D eigenvalue weighted by molar-refractivity contribution is 7.12. The molecule has 0 unspecified atom stereocenters. The van der Waals surface area contributed by atoms with E-state index in [0.717, 1.165) is 18.8 Å². The molecule has 0 saturated carbocycles. The Labute approximate surface area is 113 Å². The third kappa shape index (κ3) is 3.34. The van der Waals surface area contributed by atoms with E-state index in [0.29, 0.717) is 0 Å². The summed E-state index contributed by atoms with van der Waals surface area (Å²) in [4.78, 5) is 2.79. The molecular formula is C15H19NOS. The molecule has 0 aliphatic rings. The largest absolute Gasteiger partial charge is 0.497 e. The summed E-state index contributed by atoms with van der Waals surface area (Å²) in [5.41, 5.74) is 2.65. The standard InChI is InChI=1S/C15H19NOS/c1-11-7-14(12(2)18-11)10-16-9-13-5-4-6-15(8-13)17-3/h4-8,16H,9-10H2,1-3H3. The zero-order valence-corrected chi connectivity index (χ0v) is 11.9. The van der Waals surface area contributed by atoms with E-state index in [1.165, 1.54) is 20.9 Å². The van der Waals surface area contributed by atoms with Crippen LogP contribution in [0.2, 0.25) is 0 Å². The van der Waals surface area contributed by atoms with Crippen LogP contribution in [0.15, 0.2) is 30.3 Å². The third-order valence-electron chi connectivity index (χ3n) is 2.92. The summed E-state index contributed by atoms with van der Waals surface area (Å²) >= 11 is 1.86. The lowest BCUT2D eigenvalue weighted by molar-refractivity contribution is 0.414. The Morgan fingerprint density at radius 1 is 1.17 bits per heavy atom. The summed E-state index contributed by atoms with van der Waals surface area (Å²) in [7, 11) is 1.70. The molecule has 0 spiro atoms. The molecule has 0 amide bonds. The van der Waals surface area contributed by atoms with Crippen LogP contribution < -0.4 is 10.1 Å². The molecule has 1 aromatic carbocycles. The van der Waals surface area contributed by atoms with E-state index >= 15 is 0 Å². The number of nitrogens with one attached hydrogen (secondary N) is 1. The van der Waals surface area contributed by atoms with Crippen LogP contribution in [0, 0.1) is 13.8 Å². The number of ether oxygens (including phenoxy) is 1. The van der Waals surface area contributed by atoms with Crippen LogP contribution in [0.1, 0.15) is 20.9 Å². The summed E-state index contributed by atoms with van der Waals surface area (Å²) in [6.45, 7) is 6.13. The molecule has 0 radical (unpaired) electrons.